The number of furan rings is 1. The second-order valence-corrected chi connectivity index (χ2v) is 8.33. The van der Waals surface area contributed by atoms with Crippen LogP contribution in [-0.2, 0) is 6.54 Å². The van der Waals surface area contributed by atoms with Crippen molar-refractivity contribution in [1.82, 2.24) is 24.4 Å². The lowest BCUT2D eigenvalue weighted by atomic mass is 9.93. The fourth-order valence-corrected chi connectivity index (χ4v) is 4.24. The van der Waals surface area contributed by atoms with E-state index in [-0.39, 0.29) is 17.4 Å². The third-order valence-corrected chi connectivity index (χ3v) is 6.47. The second kappa shape index (κ2) is 8.70. The van der Waals surface area contributed by atoms with E-state index in [1.54, 1.807) is 13.0 Å². The van der Waals surface area contributed by atoms with Gasteiger partial charge in [0, 0.05) is 42.0 Å². The number of aromatic amines is 1. The summed E-state index contributed by atoms with van der Waals surface area (Å²) in [6.07, 6.45) is 1.66. The highest BCUT2D eigenvalue weighted by molar-refractivity contribution is 5.91. The number of rotatable bonds is 6. The van der Waals surface area contributed by atoms with Crippen LogP contribution in [0.25, 0.3) is 5.65 Å². The van der Waals surface area contributed by atoms with Gasteiger partial charge in [0.05, 0.1) is 6.54 Å². The molecular formula is C23H31N5O3. The molecule has 0 aliphatic carbocycles. The van der Waals surface area contributed by atoms with Gasteiger partial charge in [-0.2, -0.15) is 0 Å². The molecule has 166 valence electrons. The molecule has 0 unspecified atom stereocenters. The van der Waals surface area contributed by atoms with Gasteiger partial charge in [-0.3, -0.25) is 19.6 Å². The molecule has 0 radical (unpaired) electrons. The van der Waals surface area contributed by atoms with Crippen LogP contribution in [0.15, 0.2) is 27.4 Å². The molecule has 4 heterocycles. The van der Waals surface area contributed by atoms with Crippen molar-refractivity contribution in [3.05, 3.63) is 57.0 Å². The fraction of sp³-hybridized carbons (Fsp3) is 0.522. The molecule has 1 aliphatic heterocycles. The molecule has 1 aliphatic rings. The topological polar surface area (TPSA) is 86.9 Å². The minimum atomic E-state index is -0.0558. The van der Waals surface area contributed by atoms with Crippen LogP contribution in [0, 0.1) is 13.8 Å². The number of fused-ring (bicyclic) bond motifs is 1. The Morgan fingerprint density at radius 2 is 1.94 bits per heavy atom. The summed E-state index contributed by atoms with van der Waals surface area (Å²) in [5.41, 5.74) is 3.01. The molecule has 0 aromatic carbocycles. The number of carbonyl (C=O) groups is 1. The first-order valence-corrected chi connectivity index (χ1v) is 11.1. The van der Waals surface area contributed by atoms with Crippen LogP contribution in [0.5, 0.6) is 0 Å². The van der Waals surface area contributed by atoms with Gasteiger partial charge in [0.25, 0.3) is 11.5 Å². The van der Waals surface area contributed by atoms with E-state index in [0.29, 0.717) is 30.1 Å². The smallest absolute Gasteiger partial charge is 0.289 e. The minimum absolute atomic E-state index is 0.0509. The van der Waals surface area contributed by atoms with E-state index in [2.05, 4.69) is 28.8 Å². The van der Waals surface area contributed by atoms with Crippen molar-refractivity contribution in [3.8, 4) is 0 Å². The van der Waals surface area contributed by atoms with Crippen LogP contribution < -0.4 is 5.56 Å². The van der Waals surface area contributed by atoms with Crippen molar-refractivity contribution in [1.29, 1.82) is 0 Å². The molecule has 0 spiro atoms. The summed E-state index contributed by atoms with van der Waals surface area (Å²) in [4.78, 5) is 34.0. The SMILES string of the molecule is CCN(CC)Cc1ccc(C(=O)N2CCC(c3cc4nc(C)c(C)c(=O)n4[nH]3)CC2)o1. The number of hydrogen-bond acceptors (Lipinski definition) is 5. The van der Waals surface area contributed by atoms with Crippen LogP contribution in [-0.4, -0.2) is 56.5 Å². The van der Waals surface area contributed by atoms with Gasteiger partial charge in [0.2, 0.25) is 0 Å². The number of amides is 1. The number of likely N-dealkylation sites (tertiary alicyclic amines) is 1. The Bertz CT molecular complexity index is 1130. The standard InChI is InChI=1S/C23H31N5O3/c1-5-26(6-2)14-18-7-8-20(31-18)23(30)27-11-9-17(10-12-27)19-13-21-24-16(4)15(3)22(29)28(21)25-19/h7-8,13,17,25H,5-6,9-12,14H2,1-4H3. The second-order valence-electron chi connectivity index (χ2n) is 8.33. The van der Waals surface area contributed by atoms with Gasteiger partial charge in [-0.1, -0.05) is 13.8 Å². The molecule has 1 saturated heterocycles. The molecule has 31 heavy (non-hydrogen) atoms. The van der Waals surface area contributed by atoms with Crippen molar-refractivity contribution < 1.29 is 9.21 Å². The van der Waals surface area contributed by atoms with Crippen LogP contribution >= 0.6 is 0 Å². The highest BCUT2D eigenvalue weighted by atomic mass is 16.4. The summed E-state index contributed by atoms with van der Waals surface area (Å²) in [6.45, 7) is 11.8. The van der Waals surface area contributed by atoms with Gasteiger partial charge in [-0.15, -0.1) is 0 Å². The largest absolute Gasteiger partial charge is 0.455 e. The Morgan fingerprint density at radius 3 is 2.61 bits per heavy atom. The molecule has 1 N–H and O–H groups in total. The number of aryl methyl sites for hydroxylation is 1. The van der Waals surface area contributed by atoms with Gasteiger partial charge in [0.15, 0.2) is 11.4 Å². The van der Waals surface area contributed by atoms with Gasteiger partial charge >= 0.3 is 0 Å². The average Bonchev–Trinajstić information content (AvgIpc) is 3.43. The zero-order valence-electron chi connectivity index (χ0n) is 18.8. The summed E-state index contributed by atoms with van der Waals surface area (Å²) in [5.74, 6) is 1.45. The molecule has 1 amide bonds. The van der Waals surface area contributed by atoms with E-state index in [1.807, 2.05) is 24.0 Å². The summed E-state index contributed by atoms with van der Waals surface area (Å²) in [6, 6.07) is 5.65. The van der Waals surface area contributed by atoms with Gasteiger partial charge in [0.1, 0.15) is 5.76 Å². The number of nitrogens with one attached hydrogen (secondary N) is 1. The minimum Gasteiger partial charge on any atom is -0.455 e. The average molecular weight is 426 g/mol. The highest BCUT2D eigenvalue weighted by Crippen LogP contribution is 2.28. The predicted octanol–water partition coefficient (Wildman–Crippen LogP) is 3.09. The maximum Gasteiger partial charge on any atom is 0.289 e. The van der Waals surface area contributed by atoms with Gasteiger partial charge < -0.3 is 9.32 Å². The molecule has 3 aromatic heterocycles. The van der Waals surface area contributed by atoms with Crippen LogP contribution in [0.2, 0.25) is 0 Å². The lowest BCUT2D eigenvalue weighted by Gasteiger charge is -2.30. The lowest BCUT2D eigenvalue weighted by molar-refractivity contribution is 0.0676. The van der Waals surface area contributed by atoms with Crippen molar-refractivity contribution in [2.45, 2.75) is 53.0 Å². The Balaban J connectivity index is 1.41. The molecule has 8 heteroatoms. The molecule has 4 rings (SSSR count). The first-order chi connectivity index (χ1) is 14.9. The van der Waals surface area contributed by atoms with E-state index < -0.39 is 0 Å². The lowest BCUT2D eigenvalue weighted by Crippen LogP contribution is -2.37. The van der Waals surface area contributed by atoms with Crippen molar-refractivity contribution >= 4 is 11.6 Å². The number of H-pyrrole nitrogens is 1. The van der Waals surface area contributed by atoms with E-state index in [0.717, 1.165) is 49.6 Å². The van der Waals surface area contributed by atoms with Crippen LogP contribution in [0.3, 0.4) is 0 Å². The fourth-order valence-electron chi connectivity index (χ4n) is 4.24. The Kier molecular flexibility index (Phi) is 6.00. The maximum absolute atomic E-state index is 12.9. The summed E-state index contributed by atoms with van der Waals surface area (Å²) in [5, 5.41) is 3.22. The first kappa shape index (κ1) is 21.4. The molecule has 8 nitrogen and oxygen atoms in total. The van der Waals surface area contributed by atoms with E-state index in [1.165, 1.54) is 4.52 Å². The predicted molar refractivity (Wildman–Crippen MR) is 118 cm³/mol. The number of aromatic nitrogens is 3. The van der Waals surface area contributed by atoms with E-state index in [4.69, 9.17) is 4.42 Å². The monoisotopic (exact) mass is 425 g/mol. The van der Waals surface area contributed by atoms with Crippen LogP contribution in [0.4, 0.5) is 0 Å². The van der Waals surface area contributed by atoms with E-state index in [9.17, 15) is 9.59 Å². The quantitative estimate of drug-likeness (QED) is 0.656. The van der Waals surface area contributed by atoms with Crippen molar-refractivity contribution in [3.63, 3.8) is 0 Å². The normalized spacial score (nSPS) is 15.3. The van der Waals surface area contributed by atoms with E-state index >= 15 is 0 Å². The highest BCUT2D eigenvalue weighted by Gasteiger charge is 2.27. The van der Waals surface area contributed by atoms with Gasteiger partial charge in [-0.05, 0) is 51.9 Å². The summed E-state index contributed by atoms with van der Waals surface area (Å²) in [7, 11) is 0. The zero-order chi connectivity index (χ0) is 22.1. The number of piperidine rings is 1. The van der Waals surface area contributed by atoms with Crippen molar-refractivity contribution in [2.24, 2.45) is 0 Å². The molecular weight excluding hydrogens is 394 g/mol. The molecule has 3 aromatic rings. The van der Waals surface area contributed by atoms with Crippen molar-refractivity contribution in [2.75, 3.05) is 26.2 Å². The van der Waals surface area contributed by atoms with Gasteiger partial charge in [-0.25, -0.2) is 9.50 Å². The summed E-state index contributed by atoms with van der Waals surface area (Å²) >= 11 is 0. The van der Waals surface area contributed by atoms with Crippen LogP contribution in [0.1, 0.15) is 65.9 Å². The number of carbonyl (C=O) groups excluding carboxylic acids is 1. The molecule has 1 fully saturated rings. The number of nitrogens with zero attached hydrogens (tertiary/aromatic N) is 4. The molecule has 0 atom stereocenters. The third-order valence-electron chi connectivity index (χ3n) is 6.47. The summed E-state index contributed by atoms with van der Waals surface area (Å²) < 4.78 is 7.36. The maximum atomic E-state index is 12.9. The molecule has 0 saturated carbocycles. The Morgan fingerprint density at radius 1 is 1.23 bits per heavy atom. The third kappa shape index (κ3) is 4.17. The zero-order valence-corrected chi connectivity index (χ0v) is 18.8. The number of hydrogen-bond donors (Lipinski definition) is 1. The molecule has 0 bridgehead atoms. The Hall–Kier alpha value is -2.87. The Labute approximate surface area is 181 Å². The first-order valence-electron chi connectivity index (χ1n) is 11.1.